The molecule has 2 aromatic rings. The smallest absolute Gasteiger partial charge is 0.201 e. The molecule has 0 bridgehead atoms. The summed E-state index contributed by atoms with van der Waals surface area (Å²) in [7, 11) is 0. The Bertz CT molecular complexity index is 362. The second-order valence-corrected chi connectivity index (χ2v) is 4.30. The molecule has 0 N–H and O–H groups in total. The van der Waals surface area contributed by atoms with Crippen LogP contribution in [0, 0.1) is 7.14 Å². The number of benzene rings is 1. The van der Waals surface area contributed by atoms with Crippen LogP contribution in [0.15, 0.2) is 16.7 Å². The minimum Gasteiger partial charge on any atom is -0.336 e. The molecular weight excluding hydrogens is 370 g/mol. The number of hydrogen-bond acceptors (Lipinski definition) is 3. The van der Waals surface area contributed by atoms with E-state index >= 15 is 0 Å². The van der Waals surface area contributed by atoms with Gasteiger partial charge in [0.25, 0.3) is 0 Å². The van der Waals surface area contributed by atoms with Gasteiger partial charge in [0.05, 0.1) is 3.57 Å². The number of aromatic nitrogens is 2. The average Bonchev–Trinajstić information content (AvgIpc) is 2.45. The molecule has 3 nitrogen and oxygen atoms in total. The molecule has 2 rings (SSSR count). The highest BCUT2D eigenvalue weighted by Gasteiger charge is 2.07. The highest BCUT2D eigenvalue weighted by molar-refractivity contribution is 14.1. The molecule has 0 atom stereocenters. The Morgan fingerprint density at radius 2 is 1.91 bits per heavy atom. The second-order valence-electron chi connectivity index (χ2n) is 1.98. The predicted octanol–water partition coefficient (Wildman–Crippen LogP) is 2.43. The standard InChI is InChI=1S/C6H2I2N2O/c7-3-1-2-4(8)6-5(3)9-10-11-6/h1-2H. The lowest BCUT2D eigenvalue weighted by molar-refractivity contribution is 0.423. The summed E-state index contributed by atoms with van der Waals surface area (Å²) in [5.41, 5.74) is 1.62. The van der Waals surface area contributed by atoms with Crippen molar-refractivity contribution in [2.45, 2.75) is 0 Å². The molecule has 0 aliphatic heterocycles. The predicted molar refractivity (Wildman–Crippen MR) is 57.2 cm³/mol. The maximum Gasteiger partial charge on any atom is 0.201 e. The molecule has 5 heteroatoms. The zero-order valence-corrected chi connectivity index (χ0v) is 9.53. The molecule has 0 radical (unpaired) electrons. The Balaban J connectivity index is 2.96. The largest absolute Gasteiger partial charge is 0.336 e. The first kappa shape index (κ1) is 7.71. The summed E-state index contributed by atoms with van der Waals surface area (Å²) in [6, 6.07) is 3.98. The van der Waals surface area contributed by atoms with Gasteiger partial charge in [-0.15, -0.1) is 5.10 Å². The Morgan fingerprint density at radius 1 is 1.18 bits per heavy atom. The third kappa shape index (κ3) is 1.24. The summed E-state index contributed by atoms with van der Waals surface area (Å²) in [5.74, 6) is 0. The third-order valence-electron chi connectivity index (χ3n) is 1.31. The SMILES string of the molecule is Ic1ccc(I)c2onnc12. The lowest BCUT2D eigenvalue weighted by Gasteiger charge is -1.90. The van der Waals surface area contributed by atoms with E-state index in [4.69, 9.17) is 4.52 Å². The van der Waals surface area contributed by atoms with Gasteiger partial charge in [0.15, 0.2) is 0 Å². The van der Waals surface area contributed by atoms with Gasteiger partial charge in [0.1, 0.15) is 5.52 Å². The molecule has 0 aliphatic carbocycles. The van der Waals surface area contributed by atoms with Gasteiger partial charge < -0.3 is 4.52 Å². The van der Waals surface area contributed by atoms with Crippen molar-refractivity contribution in [3.05, 3.63) is 19.3 Å². The minimum absolute atomic E-state index is 0.775. The highest BCUT2D eigenvalue weighted by Crippen LogP contribution is 2.22. The fraction of sp³-hybridized carbons (Fsp3) is 0. The van der Waals surface area contributed by atoms with E-state index < -0.39 is 0 Å². The van der Waals surface area contributed by atoms with Crippen LogP contribution in [0.1, 0.15) is 0 Å². The molecule has 0 saturated heterocycles. The maximum atomic E-state index is 4.96. The summed E-state index contributed by atoms with van der Waals surface area (Å²) in [6.45, 7) is 0. The topological polar surface area (TPSA) is 38.9 Å². The summed E-state index contributed by atoms with van der Waals surface area (Å²) < 4.78 is 7.07. The quantitative estimate of drug-likeness (QED) is 0.668. The van der Waals surface area contributed by atoms with E-state index in [9.17, 15) is 0 Å². The van der Waals surface area contributed by atoms with E-state index in [0.717, 1.165) is 18.2 Å². The van der Waals surface area contributed by atoms with Crippen LogP contribution in [-0.4, -0.2) is 10.4 Å². The van der Waals surface area contributed by atoms with Gasteiger partial charge in [-0.25, -0.2) is 0 Å². The van der Waals surface area contributed by atoms with E-state index in [0.29, 0.717) is 0 Å². The third-order valence-corrected chi connectivity index (χ3v) is 3.03. The minimum atomic E-state index is 0.775. The van der Waals surface area contributed by atoms with Crippen LogP contribution in [0.4, 0.5) is 0 Å². The summed E-state index contributed by atoms with van der Waals surface area (Å²) in [6.07, 6.45) is 0. The van der Waals surface area contributed by atoms with Gasteiger partial charge in [-0.05, 0) is 57.3 Å². The number of hydrogen-bond donors (Lipinski definition) is 0. The number of fused-ring (bicyclic) bond motifs is 1. The summed E-state index contributed by atoms with van der Waals surface area (Å²) >= 11 is 4.40. The Hall–Kier alpha value is 0.0800. The van der Waals surface area contributed by atoms with Gasteiger partial charge in [0, 0.05) is 8.84 Å². The molecule has 1 aromatic carbocycles. The van der Waals surface area contributed by atoms with Crippen molar-refractivity contribution in [3.63, 3.8) is 0 Å². The molecule has 1 heterocycles. The molecule has 0 saturated carbocycles. The van der Waals surface area contributed by atoms with Crippen molar-refractivity contribution in [2.24, 2.45) is 0 Å². The average molecular weight is 372 g/mol. The van der Waals surface area contributed by atoms with Crippen molar-refractivity contribution >= 4 is 56.3 Å². The van der Waals surface area contributed by atoms with Crippen molar-refractivity contribution in [1.82, 2.24) is 10.4 Å². The van der Waals surface area contributed by atoms with Crippen molar-refractivity contribution in [1.29, 1.82) is 0 Å². The van der Waals surface area contributed by atoms with Crippen LogP contribution in [-0.2, 0) is 0 Å². The van der Waals surface area contributed by atoms with Crippen LogP contribution in [0.5, 0.6) is 0 Å². The Labute approximate surface area is 89.8 Å². The lowest BCUT2D eigenvalue weighted by atomic mass is 10.3. The van der Waals surface area contributed by atoms with E-state index in [2.05, 4.69) is 55.6 Å². The van der Waals surface area contributed by atoms with Crippen molar-refractivity contribution < 1.29 is 4.52 Å². The van der Waals surface area contributed by atoms with Gasteiger partial charge in [-0.1, -0.05) is 0 Å². The second kappa shape index (κ2) is 2.85. The normalized spacial score (nSPS) is 10.7. The fourth-order valence-corrected chi connectivity index (χ4v) is 1.87. The van der Waals surface area contributed by atoms with Crippen LogP contribution in [0.3, 0.4) is 0 Å². The van der Waals surface area contributed by atoms with Crippen molar-refractivity contribution in [3.8, 4) is 0 Å². The molecule has 0 unspecified atom stereocenters. The molecule has 0 fully saturated rings. The zero-order chi connectivity index (χ0) is 7.84. The molecule has 0 amide bonds. The summed E-state index contributed by atoms with van der Waals surface area (Å²) in [5, 5.41) is 7.34. The maximum absolute atomic E-state index is 4.96. The van der Waals surface area contributed by atoms with E-state index in [1.807, 2.05) is 12.1 Å². The number of halogens is 2. The molecule has 0 spiro atoms. The number of nitrogens with zero attached hydrogens (tertiary/aromatic N) is 2. The zero-order valence-electron chi connectivity index (χ0n) is 5.21. The molecule has 56 valence electrons. The van der Waals surface area contributed by atoms with E-state index in [-0.39, 0.29) is 0 Å². The molecule has 1 aromatic heterocycles. The van der Waals surface area contributed by atoms with Crippen LogP contribution < -0.4 is 0 Å². The van der Waals surface area contributed by atoms with Gasteiger partial charge in [-0.2, -0.15) is 0 Å². The van der Waals surface area contributed by atoms with Crippen LogP contribution >= 0.6 is 45.2 Å². The first-order chi connectivity index (χ1) is 5.29. The number of rotatable bonds is 0. The van der Waals surface area contributed by atoms with E-state index in [1.165, 1.54) is 0 Å². The van der Waals surface area contributed by atoms with Crippen molar-refractivity contribution in [2.75, 3.05) is 0 Å². The molecule has 11 heavy (non-hydrogen) atoms. The Morgan fingerprint density at radius 3 is 2.64 bits per heavy atom. The molecule has 0 aliphatic rings. The van der Waals surface area contributed by atoms with Crippen LogP contribution in [0.25, 0.3) is 11.1 Å². The monoisotopic (exact) mass is 372 g/mol. The Kier molecular flexibility index (Phi) is 2.00. The molecular formula is C6H2I2N2O. The van der Waals surface area contributed by atoms with Gasteiger partial charge in [-0.3, -0.25) is 0 Å². The first-order valence-electron chi connectivity index (χ1n) is 2.85. The van der Waals surface area contributed by atoms with Gasteiger partial charge >= 0.3 is 0 Å². The van der Waals surface area contributed by atoms with Gasteiger partial charge in [0.2, 0.25) is 5.58 Å². The lowest BCUT2D eigenvalue weighted by Crippen LogP contribution is -1.77. The fourth-order valence-electron chi connectivity index (χ4n) is 0.805. The van der Waals surface area contributed by atoms with Crippen LogP contribution in [0.2, 0.25) is 0 Å². The van der Waals surface area contributed by atoms with E-state index in [1.54, 1.807) is 0 Å². The highest BCUT2D eigenvalue weighted by atomic mass is 127. The first-order valence-corrected chi connectivity index (χ1v) is 5.01. The summed E-state index contributed by atoms with van der Waals surface area (Å²) in [4.78, 5) is 0.